The molecule has 0 aliphatic carbocycles. The molecule has 0 aromatic carbocycles. The van der Waals surface area contributed by atoms with Gasteiger partial charge in [0, 0.05) is 20.0 Å². The predicted molar refractivity (Wildman–Crippen MR) is 68.8 cm³/mol. The van der Waals surface area contributed by atoms with Gasteiger partial charge in [-0.2, -0.15) is 5.26 Å². The first-order valence-corrected chi connectivity index (χ1v) is 6.13. The summed E-state index contributed by atoms with van der Waals surface area (Å²) in [5.74, 6) is -2.59. The molecule has 0 rings (SSSR count). The molecule has 0 fully saturated rings. The summed E-state index contributed by atoms with van der Waals surface area (Å²) < 4.78 is 0. The number of urea groups is 1. The fourth-order valence-electron chi connectivity index (χ4n) is 1.51. The van der Waals surface area contributed by atoms with Crippen molar-refractivity contribution in [3.63, 3.8) is 0 Å². The fraction of sp³-hybridized carbons (Fsp3) is 0.667. The van der Waals surface area contributed by atoms with Crippen molar-refractivity contribution in [2.45, 2.75) is 32.2 Å². The highest BCUT2D eigenvalue weighted by Gasteiger charge is 2.22. The zero-order chi connectivity index (χ0) is 15.7. The van der Waals surface area contributed by atoms with Crippen LogP contribution in [0.25, 0.3) is 0 Å². The third kappa shape index (κ3) is 7.20. The summed E-state index contributed by atoms with van der Waals surface area (Å²) >= 11 is 0. The highest BCUT2D eigenvalue weighted by molar-refractivity contribution is 5.82. The third-order valence-electron chi connectivity index (χ3n) is 2.59. The first-order chi connectivity index (χ1) is 9.27. The summed E-state index contributed by atoms with van der Waals surface area (Å²) in [7, 11) is 1.46. The number of amides is 2. The van der Waals surface area contributed by atoms with Crippen LogP contribution < -0.4 is 5.32 Å². The Morgan fingerprint density at radius 2 is 1.95 bits per heavy atom. The normalized spacial score (nSPS) is 12.8. The van der Waals surface area contributed by atoms with Crippen LogP contribution in [-0.2, 0) is 9.59 Å². The lowest BCUT2D eigenvalue weighted by molar-refractivity contribution is -0.140. The highest BCUT2D eigenvalue weighted by atomic mass is 16.4. The van der Waals surface area contributed by atoms with E-state index in [9.17, 15) is 14.4 Å². The van der Waals surface area contributed by atoms with Crippen LogP contribution in [0.2, 0.25) is 0 Å². The average molecular weight is 285 g/mol. The Bertz CT molecular complexity index is 404. The van der Waals surface area contributed by atoms with Gasteiger partial charge in [0.1, 0.15) is 6.04 Å². The maximum Gasteiger partial charge on any atom is 0.326 e. The second-order valence-electron chi connectivity index (χ2n) is 4.54. The lowest BCUT2D eigenvalue weighted by atomic mass is 10.1. The summed E-state index contributed by atoms with van der Waals surface area (Å²) in [5.41, 5.74) is 0. The number of nitrogens with zero attached hydrogens (tertiary/aromatic N) is 2. The summed E-state index contributed by atoms with van der Waals surface area (Å²) in [6.45, 7) is 1.83. The molecule has 3 N–H and O–H groups in total. The molecule has 0 heterocycles. The van der Waals surface area contributed by atoms with E-state index in [0.717, 1.165) is 0 Å². The maximum absolute atomic E-state index is 11.7. The second kappa shape index (κ2) is 8.74. The van der Waals surface area contributed by atoms with E-state index in [1.54, 1.807) is 6.92 Å². The van der Waals surface area contributed by atoms with Gasteiger partial charge in [0.05, 0.1) is 12.0 Å². The van der Waals surface area contributed by atoms with E-state index in [1.165, 1.54) is 11.9 Å². The van der Waals surface area contributed by atoms with Crippen LogP contribution in [0.1, 0.15) is 26.2 Å². The number of nitriles is 1. The van der Waals surface area contributed by atoms with Crippen molar-refractivity contribution in [3.05, 3.63) is 0 Å². The SMILES string of the molecule is CC(C#N)CN(C)C(=O)N[C@H](CCCC(=O)O)C(=O)O. The zero-order valence-corrected chi connectivity index (χ0v) is 11.5. The molecular weight excluding hydrogens is 266 g/mol. The van der Waals surface area contributed by atoms with E-state index in [1.807, 2.05) is 6.07 Å². The molecule has 0 bridgehead atoms. The van der Waals surface area contributed by atoms with Crippen molar-refractivity contribution in [2.75, 3.05) is 13.6 Å². The van der Waals surface area contributed by atoms with Gasteiger partial charge in [0.2, 0.25) is 0 Å². The highest BCUT2D eigenvalue weighted by Crippen LogP contribution is 2.03. The Kier molecular flexibility index (Phi) is 7.74. The lowest BCUT2D eigenvalue weighted by Gasteiger charge is -2.22. The Morgan fingerprint density at radius 1 is 1.35 bits per heavy atom. The van der Waals surface area contributed by atoms with Crippen molar-refractivity contribution in [1.29, 1.82) is 5.26 Å². The predicted octanol–water partition coefficient (Wildman–Crippen LogP) is 0.496. The van der Waals surface area contributed by atoms with Crippen LogP contribution in [0.15, 0.2) is 0 Å². The number of hydrogen-bond donors (Lipinski definition) is 3. The summed E-state index contributed by atoms with van der Waals surface area (Å²) in [6.07, 6.45) is 0.0425. The van der Waals surface area contributed by atoms with Crippen LogP contribution >= 0.6 is 0 Å². The molecule has 2 atom stereocenters. The van der Waals surface area contributed by atoms with Gasteiger partial charge in [0.25, 0.3) is 0 Å². The Morgan fingerprint density at radius 3 is 2.40 bits per heavy atom. The van der Waals surface area contributed by atoms with Crippen LogP contribution in [0.5, 0.6) is 0 Å². The Hall–Kier alpha value is -2.30. The van der Waals surface area contributed by atoms with E-state index in [0.29, 0.717) is 0 Å². The van der Waals surface area contributed by atoms with Gasteiger partial charge >= 0.3 is 18.0 Å². The van der Waals surface area contributed by atoms with Gasteiger partial charge in [-0.05, 0) is 19.8 Å². The monoisotopic (exact) mass is 285 g/mol. The van der Waals surface area contributed by atoms with Crippen LogP contribution in [0, 0.1) is 17.2 Å². The number of nitrogens with one attached hydrogen (secondary N) is 1. The molecule has 8 heteroatoms. The second-order valence-corrected chi connectivity index (χ2v) is 4.54. The Balaban J connectivity index is 4.37. The molecular formula is C12H19N3O5. The quantitative estimate of drug-likeness (QED) is 0.595. The molecule has 112 valence electrons. The minimum atomic E-state index is -1.22. The number of carboxylic acid groups (broad SMARTS) is 2. The van der Waals surface area contributed by atoms with Crippen molar-refractivity contribution < 1.29 is 24.6 Å². The molecule has 0 aliphatic heterocycles. The molecule has 0 aromatic rings. The number of hydrogen-bond acceptors (Lipinski definition) is 4. The van der Waals surface area contributed by atoms with E-state index in [2.05, 4.69) is 5.32 Å². The molecule has 1 unspecified atom stereocenters. The van der Waals surface area contributed by atoms with Crippen LogP contribution in [0.3, 0.4) is 0 Å². The molecule has 0 saturated heterocycles. The number of aliphatic carboxylic acids is 2. The number of rotatable bonds is 8. The molecule has 0 aliphatic rings. The van der Waals surface area contributed by atoms with Gasteiger partial charge in [-0.1, -0.05) is 0 Å². The molecule has 0 radical (unpaired) electrons. The minimum absolute atomic E-state index is 0.0367. The van der Waals surface area contributed by atoms with Gasteiger partial charge in [-0.15, -0.1) is 0 Å². The van der Waals surface area contributed by atoms with Crippen molar-refractivity contribution in [3.8, 4) is 6.07 Å². The van der Waals surface area contributed by atoms with Crippen LogP contribution in [0.4, 0.5) is 4.79 Å². The summed E-state index contributed by atoms with van der Waals surface area (Å²) in [4.78, 5) is 34.3. The molecule has 8 nitrogen and oxygen atoms in total. The molecule has 0 saturated carbocycles. The molecule has 2 amide bonds. The number of carbonyl (C=O) groups excluding carboxylic acids is 1. The number of carbonyl (C=O) groups is 3. The van der Waals surface area contributed by atoms with E-state index in [4.69, 9.17) is 15.5 Å². The average Bonchev–Trinajstić information content (AvgIpc) is 2.36. The third-order valence-corrected chi connectivity index (χ3v) is 2.59. The minimum Gasteiger partial charge on any atom is -0.481 e. The molecule has 0 aromatic heterocycles. The molecule has 20 heavy (non-hydrogen) atoms. The van der Waals surface area contributed by atoms with Crippen molar-refractivity contribution >= 4 is 18.0 Å². The Labute approximate surface area is 117 Å². The van der Waals surface area contributed by atoms with Crippen molar-refractivity contribution in [2.24, 2.45) is 5.92 Å². The molecule has 0 spiro atoms. The largest absolute Gasteiger partial charge is 0.481 e. The van der Waals surface area contributed by atoms with Gasteiger partial charge in [-0.25, -0.2) is 9.59 Å². The zero-order valence-electron chi connectivity index (χ0n) is 11.5. The summed E-state index contributed by atoms with van der Waals surface area (Å²) in [5, 5.41) is 28.4. The van der Waals surface area contributed by atoms with Gasteiger partial charge < -0.3 is 20.4 Å². The topological polar surface area (TPSA) is 131 Å². The fourth-order valence-corrected chi connectivity index (χ4v) is 1.51. The summed E-state index contributed by atoms with van der Waals surface area (Å²) in [6, 6.07) is 0.231. The lowest BCUT2D eigenvalue weighted by Crippen LogP contribution is -2.47. The van der Waals surface area contributed by atoms with E-state index >= 15 is 0 Å². The first-order valence-electron chi connectivity index (χ1n) is 6.13. The van der Waals surface area contributed by atoms with Gasteiger partial charge in [0.15, 0.2) is 0 Å². The van der Waals surface area contributed by atoms with Crippen molar-refractivity contribution in [1.82, 2.24) is 10.2 Å². The van der Waals surface area contributed by atoms with Crippen LogP contribution in [-0.4, -0.2) is 52.7 Å². The standard InChI is InChI=1S/C12H19N3O5/c1-8(6-13)7-15(2)12(20)14-9(11(18)19)4-3-5-10(16)17/h8-9H,3-5,7H2,1-2H3,(H,14,20)(H,16,17)(H,18,19)/t8?,9-/m1/s1. The first kappa shape index (κ1) is 17.7. The van der Waals surface area contributed by atoms with E-state index in [-0.39, 0.29) is 31.7 Å². The van der Waals surface area contributed by atoms with Gasteiger partial charge in [-0.3, -0.25) is 4.79 Å². The maximum atomic E-state index is 11.7. The smallest absolute Gasteiger partial charge is 0.326 e. The van der Waals surface area contributed by atoms with E-state index < -0.39 is 24.0 Å². The number of carboxylic acids is 2.